The van der Waals surface area contributed by atoms with E-state index in [4.69, 9.17) is 16.3 Å². The maximum Gasteiger partial charge on any atom is 0.272 e. The quantitative estimate of drug-likeness (QED) is 0.149. The van der Waals surface area contributed by atoms with Crippen LogP contribution in [-0.2, 0) is 9.59 Å². The van der Waals surface area contributed by atoms with Gasteiger partial charge < -0.3 is 20.7 Å². The molecule has 0 fully saturated rings. The molecule has 0 aliphatic heterocycles. The lowest BCUT2D eigenvalue weighted by Gasteiger charge is -2.12. The van der Waals surface area contributed by atoms with Crippen LogP contribution in [0.2, 0.25) is 5.02 Å². The molecule has 9 heteroatoms. The van der Waals surface area contributed by atoms with Crippen LogP contribution >= 0.6 is 23.4 Å². The molecule has 0 saturated carbocycles. The van der Waals surface area contributed by atoms with Gasteiger partial charge in [0.25, 0.3) is 11.8 Å². The summed E-state index contributed by atoms with van der Waals surface area (Å²) >= 11 is 7.30. The molecule has 0 atom stereocenters. The Kier molecular flexibility index (Phi) is 9.99. The van der Waals surface area contributed by atoms with E-state index in [0.717, 1.165) is 4.90 Å². The fourth-order valence-electron chi connectivity index (χ4n) is 3.61. The lowest BCUT2D eigenvalue weighted by Crippen LogP contribution is -2.30. The summed E-state index contributed by atoms with van der Waals surface area (Å²) in [6.45, 7) is 0. The Balaban J connectivity index is 1.46. The second kappa shape index (κ2) is 14.0. The van der Waals surface area contributed by atoms with Gasteiger partial charge >= 0.3 is 0 Å². The van der Waals surface area contributed by atoms with Gasteiger partial charge in [0.2, 0.25) is 5.91 Å². The number of rotatable bonds is 10. The second-order valence-electron chi connectivity index (χ2n) is 8.48. The first-order valence-electron chi connectivity index (χ1n) is 12.2. The van der Waals surface area contributed by atoms with Crippen LogP contribution in [0.1, 0.15) is 15.9 Å². The largest absolute Gasteiger partial charge is 0.497 e. The van der Waals surface area contributed by atoms with Crippen LogP contribution in [0.25, 0.3) is 6.08 Å². The number of benzene rings is 4. The Morgan fingerprint density at radius 2 is 1.55 bits per heavy atom. The molecule has 0 aromatic heterocycles. The molecule has 3 amide bonds. The molecular formula is C31H26ClN3O4S. The van der Waals surface area contributed by atoms with Crippen LogP contribution in [0.4, 0.5) is 11.4 Å². The summed E-state index contributed by atoms with van der Waals surface area (Å²) in [5, 5.41) is 8.91. The highest BCUT2D eigenvalue weighted by atomic mass is 35.5. The molecule has 7 nitrogen and oxygen atoms in total. The minimum Gasteiger partial charge on any atom is -0.497 e. The highest BCUT2D eigenvalue weighted by Gasteiger charge is 2.16. The molecule has 0 bridgehead atoms. The van der Waals surface area contributed by atoms with Crippen molar-refractivity contribution in [3.8, 4) is 5.75 Å². The maximum atomic E-state index is 13.3. The molecule has 40 heavy (non-hydrogen) atoms. The number of amides is 3. The van der Waals surface area contributed by atoms with Crippen molar-refractivity contribution in [2.75, 3.05) is 23.5 Å². The molecular weight excluding hydrogens is 546 g/mol. The highest BCUT2D eigenvalue weighted by molar-refractivity contribution is 8.00. The number of anilines is 2. The SMILES string of the molecule is COc1cccc(/C=C(\NC(=O)c2ccccc2)C(=O)Nc2cccc(SCC(=O)Nc3cccc(Cl)c3)c2)c1. The Morgan fingerprint density at radius 3 is 2.30 bits per heavy atom. The lowest BCUT2D eigenvalue weighted by molar-refractivity contribution is -0.114. The van der Waals surface area contributed by atoms with E-state index in [9.17, 15) is 14.4 Å². The van der Waals surface area contributed by atoms with Crippen molar-refractivity contribution >= 4 is 58.5 Å². The topological polar surface area (TPSA) is 96.5 Å². The fraction of sp³-hybridized carbons (Fsp3) is 0.0645. The minimum atomic E-state index is -0.507. The van der Waals surface area contributed by atoms with Crippen molar-refractivity contribution < 1.29 is 19.1 Å². The van der Waals surface area contributed by atoms with E-state index in [1.165, 1.54) is 11.8 Å². The van der Waals surface area contributed by atoms with Gasteiger partial charge in [-0.25, -0.2) is 0 Å². The Bertz CT molecular complexity index is 1540. The summed E-state index contributed by atoms with van der Waals surface area (Å²) in [6, 6.07) is 29.8. The number of hydrogen-bond acceptors (Lipinski definition) is 5. The third-order valence-electron chi connectivity index (χ3n) is 5.50. The summed E-state index contributed by atoms with van der Waals surface area (Å²) < 4.78 is 5.28. The monoisotopic (exact) mass is 571 g/mol. The van der Waals surface area contributed by atoms with Gasteiger partial charge in [0.05, 0.1) is 12.9 Å². The number of halogens is 1. The number of thioether (sulfide) groups is 1. The van der Waals surface area contributed by atoms with E-state index in [1.807, 2.05) is 12.1 Å². The van der Waals surface area contributed by atoms with Crippen LogP contribution < -0.4 is 20.7 Å². The van der Waals surface area contributed by atoms with Crippen LogP contribution in [0.15, 0.2) is 114 Å². The normalized spacial score (nSPS) is 10.9. The van der Waals surface area contributed by atoms with Crippen molar-refractivity contribution in [2.24, 2.45) is 0 Å². The van der Waals surface area contributed by atoms with Gasteiger partial charge in [0, 0.05) is 26.9 Å². The average molecular weight is 572 g/mol. The Morgan fingerprint density at radius 1 is 0.825 bits per heavy atom. The molecule has 0 unspecified atom stereocenters. The van der Waals surface area contributed by atoms with Gasteiger partial charge in [0.1, 0.15) is 11.4 Å². The smallest absolute Gasteiger partial charge is 0.272 e. The van der Waals surface area contributed by atoms with E-state index >= 15 is 0 Å². The van der Waals surface area contributed by atoms with Gasteiger partial charge in [-0.05, 0) is 72.3 Å². The zero-order chi connectivity index (χ0) is 28.3. The number of nitrogens with one attached hydrogen (secondary N) is 3. The third kappa shape index (κ3) is 8.49. The van der Waals surface area contributed by atoms with Gasteiger partial charge in [-0.1, -0.05) is 54.1 Å². The first kappa shape index (κ1) is 28.5. The Hall–Kier alpha value is -4.53. The minimum absolute atomic E-state index is 0.0565. The molecule has 0 spiro atoms. The van der Waals surface area contributed by atoms with Gasteiger partial charge in [0.15, 0.2) is 0 Å². The van der Waals surface area contributed by atoms with E-state index in [0.29, 0.717) is 33.3 Å². The number of hydrogen-bond donors (Lipinski definition) is 3. The van der Waals surface area contributed by atoms with E-state index in [1.54, 1.807) is 104 Å². The molecule has 4 rings (SSSR count). The number of ether oxygens (including phenoxy) is 1. The van der Waals surface area contributed by atoms with Crippen LogP contribution in [0.3, 0.4) is 0 Å². The molecule has 0 radical (unpaired) electrons. The lowest BCUT2D eigenvalue weighted by atomic mass is 10.1. The summed E-state index contributed by atoms with van der Waals surface area (Å²) in [7, 11) is 1.56. The zero-order valence-electron chi connectivity index (χ0n) is 21.5. The molecule has 4 aromatic carbocycles. The van der Waals surface area contributed by atoms with Gasteiger partial charge in [-0.3, -0.25) is 14.4 Å². The number of carbonyl (C=O) groups is 3. The highest BCUT2D eigenvalue weighted by Crippen LogP contribution is 2.23. The van der Waals surface area contributed by atoms with E-state index in [2.05, 4.69) is 16.0 Å². The molecule has 0 aliphatic carbocycles. The first-order chi connectivity index (χ1) is 19.4. The van der Waals surface area contributed by atoms with Gasteiger partial charge in [-0.2, -0.15) is 0 Å². The predicted molar refractivity (Wildman–Crippen MR) is 161 cm³/mol. The maximum absolute atomic E-state index is 13.3. The Labute approximate surface area is 241 Å². The molecule has 0 heterocycles. The number of methoxy groups -OCH3 is 1. The second-order valence-corrected chi connectivity index (χ2v) is 9.97. The molecule has 202 valence electrons. The van der Waals surface area contributed by atoms with E-state index < -0.39 is 11.8 Å². The van der Waals surface area contributed by atoms with E-state index in [-0.39, 0.29) is 17.4 Å². The van der Waals surface area contributed by atoms with Crippen molar-refractivity contribution in [1.29, 1.82) is 0 Å². The summed E-state index contributed by atoms with van der Waals surface area (Å²) in [5.74, 6) is -0.327. The molecule has 0 aliphatic rings. The summed E-state index contributed by atoms with van der Waals surface area (Å²) in [5.41, 5.74) is 2.28. The first-order valence-corrected chi connectivity index (χ1v) is 13.6. The van der Waals surface area contributed by atoms with Crippen LogP contribution in [0, 0.1) is 0 Å². The fourth-order valence-corrected chi connectivity index (χ4v) is 4.56. The molecule has 0 saturated heterocycles. The zero-order valence-corrected chi connectivity index (χ0v) is 23.1. The predicted octanol–water partition coefficient (Wildman–Crippen LogP) is 6.49. The summed E-state index contributed by atoms with van der Waals surface area (Å²) in [6.07, 6.45) is 1.58. The average Bonchev–Trinajstić information content (AvgIpc) is 2.96. The van der Waals surface area contributed by atoms with Crippen molar-refractivity contribution in [2.45, 2.75) is 4.90 Å². The molecule has 3 N–H and O–H groups in total. The van der Waals surface area contributed by atoms with Crippen molar-refractivity contribution in [3.63, 3.8) is 0 Å². The van der Waals surface area contributed by atoms with Crippen LogP contribution in [-0.4, -0.2) is 30.6 Å². The number of carbonyl (C=O) groups excluding carboxylic acids is 3. The third-order valence-corrected chi connectivity index (χ3v) is 6.73. The molecule has 4 aromatic rings. The standard InChI is InChI=1S/C31H26ClN3O4S/c1-39-26-14-5-8-21(16-26)17-28(35-30(37)22-9-3-2-4-10-22)31(38)34-25-13-7-15-27(19-25)40-20-29(36)33-24-12-6-11-23(32)18-24/h2-19H,20H2,1H3,(H,33,36)(H,34,38)(H,35,37)/b28-17-. The van der Waals surface area contributed by atoms with Crippen molar-refractivity contribution in [1.82, 2.24) is 5.32 Å². The van der Waals surface area contributed by atoms with Gasteiger partial charge in [-0.15, -0.1) is 11.8 Å². The van der Waals surface area contributed by atoms with Crippen molar-refractivity contribution in [3.05, 3.63) is 125 Å². The van der Waals surface area contributed by atoms with Crippen LogP contribution in [0.5, 0.6) is 5.75 Å². The summed E-state index contributed by atoms with van der Waals surface area (Å²) in [4.78, 5) is 39.4.